The summed E-state index contributed by atoms with van der Waals surface area (Å²) in [7, 11) is 1.36. The molecule has 2 aliphatic heterocycles. The number of methoxy groups -OCH3 is 1. The first-order valence-corrected chi connectivity index (χ1v) is 7.63. The van der Waals surface area contributed by atoms with Crippen LogP contribution < -0.4 is 0 Å². The fourth-order valence-electron chi connectivity index (χ4n) is 3.07. The highest BCUT2D eigenvalue weighted by Gasteiger charge is 2.44. The molecule has 0 aromatic rings. The third-order valence-corrected chi connectivity index (χ3v) is 4.04. The van der Waals surface area contributed by atoms with Gasteiger partial charge in [0.15, 0.2) is 0 Å². The number of esters is 1. The Bertz CT molecular complexity index is 399. The van der Waals surface area contributed by atoms with Crippen LogP contribution in [0, 0.1) is 0 Å². The topological polar surface area (TPSA) is 59.1 Å². The molecular formula is C15H26N2O4. The number of nitrogens with zero attached hydrogens (tertiary/aromatic N) is 2. The van der Waals surface area contributed by atoms with Gasteiger partial charge in [0.05, 0.1) is 7.11 Å². The second kappa shape index (κ2) is 6.22. The molecule has 2 saturated heterocycles. The number of rotatable bonds is 2. The standard InChI is InChI=1S/C15H26N2O4/c1-15(2,3)21-14(19)17-10-11(16-7-5-6-8-16)9-12(17)13(18)20-4/h11-12H,5-10H2,1-4H3/t11-,12+/m0/s1. The zero-order chi connectivity index (χ0) is 15.6. The number of hydrogen-bond acceptors (Lipinski definition) is 5. The first-order chi connectivity index (χ1) is 9.81. The summed E-state index contributed by atoms with van der Waals surface area (Å²) in [5.41, 5.74) is -0.566. The summed E-state index contributed by atoms with van der Waals surface area (Å²) in [5.74, 6) is -0.359. The van der Waals surface area contributed by atoms with Crippen LogP contribution in [0.3, 0.4) is 0 Å². The minimum Gasteiger partial charge on any atom is -0.467 e. The van der Waals surface area contributed by atoms with Gasteiger partial charge in [-0.3, -0.25) is 9.80 Å². The Balaban J connectivity index is 2.08. The molecule has 0 radical (unpaired) electrons. The molecular weight excluding hydrogens is 272 g/mol. The maximum Gasteiger partial charge on any atom is 0.411 e. The van der Waals surface area contributed by atoms with E-state index >= 15 is 0 Å². The Labute approximate surface area is 126 Å². The van der Waals surface area contributed by atoms with Crippen LogP contribution in [-0.2, 0) is 14.3 Å². The maximum absolute atomic E-state index is 12.3. The van der Waals surface area contributed by atoms with Gasteiger partial charge in [0.25, 0.3) is 0 Å². The summed E-state index contributed by atoms with van der Waals surface area (Å²) in [6, 6.07) is -0.306. The van der Waals surface area contributed by atoms with E-state index < -0.39 is 17.7 Å². The van der Waals surface area contributed by atoms with E-state index in [-0.39, 0.29) is 12.0 Å². The summed E-state index contributed by atoms with van der Waals surface area (Å²) >= 11 is 0. The number of likely N-dealkylation sites (tertiary alicyclic amines) is 2. The molecule has 0 N–H and O–H groups in total. The number of amides is 1. The van der Waals surface area contributed by atoms with Crippen LogP contribution >= 0.6 is 0 Å². The van der Waals surface area contributed by atoms with Crippen molar-refractivity contribution in [1.29, 1.82) is 0 Å². The fraction of sp³-hybridized carbons (Fsp3) is 0.867. The highest BCUT2D eigenvalue weighted by molar-refractivity contribution is 5.82. The van der Waals surface area contributed by atoms with Crippen molar-refractivity contribution in [3.63, 3.8) is 0 Å². The van der Waals surface area contributed by atoms with Gasteiger partial charge in [0, 0.05) is 12.6 Å². The van der Waals surface area contributed by atoms with Gasteiger partial charge in [-0.1, -0.05) is 0 Å². The van der Waals surface area contributed by atoms with Crippen molar-refractivity contribution in [1.82, 2.24) is 9.80 Å². The zero-order valence-electron chi connectivity index (χ0n) is 13.4. The fourth-order valence-corrected chi connectivity index (χ4v) is 3.07. The van der Waals surface area contributed by atoms with Crippen molar-refractivity contribution >= 4 is 12.1 Å². The molecule has 0 saturated carbocycles. The predicted molar refractivity (Wildman–Crippen MR) is 78.0 cm³/mol. The quantitative estimate of drug-likeness (QED) is 0.725. The number of carbonyl (C=O) groups excluding carboxylic acids is 2. The molecule has 2 atom stereocenters. The van der Waals surface area contributed by atoms with E-state index in [1.165, 1.54) is 24.9 Å². The molecule has 2 heterocycles. The monoisotopic (exact) mass is 298 g/mol. The lowest BCUT2D eigenvalue weighted by Gasteiger charge is -2.27. The summed E-state index contributed by atoms with van der Waals surface area (Å²) in [6.45, 7) is 8.10. The van der Waals surface area contributed by atoms with E-state index in [2.05, 4.69) is 4.90 Å². The zero-order valence-corrected chi connectivity index (χ0v) is 13.4. The van der Waals surface area contributed by atoms with Gasteiger partial charge in [-0.15, -0.1) is 0 Å². The lowest BCUT2D eigenvalue weighted by molar-refractivity contribution is -0.145. The molecule has 2 fully saturated rings. The van der Waals surface area contributed by atoms with Crippen LogP contribution in [0.1, 0.15) is 40.0 Å². The number of carbonyl (C=O) groups is 2. The average molecular weight is 298 g/mol. The summed E-state index contributed by atoms with van der Waals surface area (Å²) in [6.07, 6.45) is 2.57. The van der Waals surface area contributed by atoms with E-state index in [1.54, 1.807) is 0 Å². The van der Waals surface area contributed by atoms with Crippen molar-refractivity contribution in [2.24, 2.45) is 0 Å². The summed E-state index contributed by atoms with van der Waals surface area (Å²) in [5, 5.41) is 0. The molecule has 120 valence electrons. The van der Waals surface area contributed by atoms with Crippen LogP contribution in [0.2, 0.25) is 0 Å². The first kappa shape index (κ1) is 16.1. The molecule has 21 heavy (non-hydrogen) atoms. The average Bonchev–Trinajstić information content (AvgIpc) is 3.04. The largest absolute Gasteiger partial charge is 0.467 e. The van der Waals surface area contributed by atoms with Crippen LogP contribution in [0.4, 0.5) is 4.79 Å². The minimum atomic E-state index is -0.566. The van der Waals surface area contributed by atoms with Gasteiger partial charge in [-0.2, -0.15) is 0 Å². The Kier molecular flexibility index (Phi) is 4.76. The number of ether oxygens (including phenoxy) is 2. The molecule has 0 unspecified atom stereocenters. The third-order valence-electron chi connectivity index (χ3n) is 4.04. The van der Waals surface area contributed by atoms with Gasteiger partial charge < -0.3 is 9.47 Å². The molecule has 0 bridgehead atoms. The van der Waals surface area contributed by atoms with E-state index in [0.29, 0.717) is 13.0 Å². The molecule has 0 aromatic heterocycles. The molecule has 6 nitrogen and oxygen atoms in total. The first-order valence-electron chi connectivity index (χ1n) is 7.63. The van der Waals surface area contributed by atoms with Crippen molar-refractivity contribution in [2.75, 3.05) is 26.7 Å². The van der Waals surface area contributed by atoms with Crippen LogP contribution in [0.5, 0.6) is 0 Å². The maximum atomic E-state index is 12.3. The molecule has 2 rings (SSSR count). The Hall–Kier alpha value is -1.30. The summed E-state index contributed by atoms with van der Waals surface area (Å²) in [4.78, 5) is 28.2. The van der Waals surface area contributed by atoms with Gasteiger partial charge in [-0.25, -0.2) is 9.59 Å². The lowest BCUT2D eigenvalue weighted by Crippen LogP contribution is -2.44. The highest BCUT2D eigenvalue weighted by atomic mass is 16.6. The van der Waals surface area contributed by atoms with E-state index in [1.807, 2.05) is 20.8 Å². The Morgan fingerprint density at radius 1 is 1.14 bits per heavy atom. The minimum absolute atomic E-state index is 0.226. The van der Waals surface area contributed by atoms with E-state index in [0.717, 1.165) is 13.1 Å². The van der Waals surface area contributed by atoms with Crippen molar-refractivity contribution in [2.45, 2.75) is 57.7 Å². The number of hydrogen-bond donors (Lipinski definition) is 0. The van der Waals surface area contributed by atoms with E-state index in [9.17, 15) is 9.59 Å². The second-order valence-electron chi connectivity index (χ2n) is 6.80. The van der Waals surface area contributed by atoms with Crippen molar-refractivity contribution in [3.8, 4) is 0 Å². The third kappa shape index (κ3) is 3.87. The second-order valence-corrected chi connectivity index (χ2v) is 6.80. The molecule has 2 aliphatic rings. The Morgan fingerprint density at radius 2 is 1.76 bits per heavy atom. The van der Waals surface area contributed by atoms with Gasteiger partial charge in [0.1, 0.15) is 11.6 Å². The molecule has 1 amide bonds. The van der Waals surface area contributed by atoms with Crippen LogP contribution in [0.15, 0.2) is 0 Å². The normalized spacial score (nSPS) is 27.0. The molecule has 6 heteroatoms. The lowest BCUT2D eigenvalue weighted by atomic mass is 10.1. The molecule has 0 aliphatic carbocycles. The van der Waals surface area contributed by atoms with Gasteiger partial charge in [-0.05, 0) is 53.1 Å². The summed E-state index contributed by atoms with van der Waals surface area (Å²) < 4.78 is 10.3. The van der Waals surface area contributed by atoms with Crippen LogP contribution in [-0.4, -0.2) is 66.3 Å². The smallest absolute Gasteiger partial charge is 0.411 e. The Morgan fingerprint density at radius 3 is 2.29 bits per heavy atom. The highest BCUT2D eigenvalue weighted by Crippen LogP contribution is 2.27. The van der Waals surface area contributed by atoms with Crippen molar-refractivity contribution in [3.05, 3.63) is 0 Å². The predicted octanol–water partition coefficient (Wildman–Crippen LogP) is 1.63. The van der Waals surface area contributed by atoms with E-state index in [4.69, 9.17) is 9.47 Å². The molecule has 0 aromatic carbocycles. The van der Waals surface area contributed by atoms with Crippen molar-refractivity contribution < 1.29 is 19.1 Å². The SMILES string of the molecule is COC(=O)[C@H]1C[C@H](N2CCCC2)CN1C(=O)OC(C)(C)C. The molecule has 0 spiro atoms. The van der Waals surface area contributed by atoms with Crippen LogP contribution in [0.25, 0.3) is 0 Å². The van der Waals surface area contributed by atoms with Gasteiger partial charge >= 0.3 is 12.1 Å². The van der Waals surface area contributed by atoms with Gasteiger partial charge in [0.2, 0.25) is 0 Å².